The van der Waals surface area contributed by atoms with Crippen LogP contribution in [0, 0.1) is 35.6 Å². The number of nitrogens with one attached hydrogen (secondary N) is 1. The van der Waals surface area contributed by atoms with Crippen molar-refractivity contribution in [3.63, 3.8) is 0 Å². The van der Waals surface area contributed by atoms with Crippen molar-refractivity contribution in [3.05, 3.63) is 28.8 Å². The SMILES string of the molecule is Cc1c(F)c(F)c(OC(=O)CC(=O)NCCC(C)(C)C)c(F)c1F. The Bertz CT molecular complexity index is 625. The van der Waals surface area contributed by atoms with Gasteiger partial charge in [0.2, 0.25) is 23.3 Å². The minimum absolute atomic E-state index is 0.0308. The number of benzene rings is 1. The van der Waals surface area contributed by atoms with E-state index in [1.807, 2.05) is 20.8 Å². The third-order valence-corrected chi connectivity index (χ3v) is 3.16. The summed E-state index contributed by atoms with van der Waals surface area (Å²) in [5.41, 5.74) is -0.901. The molecule has 0 saturated heterocycles. The fourth-order valence-electron chi connectivity index (χ4n) is 1.73. The van der Waals surface area contributed by atoms with E-state index in [4.69, 9.17) is 0 Å². The summed E-state index contributed by atoms with van der Waals surface area (Å²) in [6, 6.07) is 0. The lowest BCUT2D eigenvalue weighted by atomic mass is 9.92. The van der Waals surface area contributed by atoms with Gasteiger partial charge in [-0.1, -0.05) is 20.8 Å². The number of esters is 1. The maximum Gasteiger partial charge on any atom is 0.320 e. The maximum atomic E-state index is 13.6. The molecule has 24 heavy (non-hydrogen) atoms. The zero-order chi connectivity index (χ0) is 18.7. The first-order valence-corrected chi connectivity index (χ1v) is 7.24. The van der Waals surface area contributed by atoms with Crippen molar-refractivity contribution in [2.24, 2.45) is 5.41 Å². The molecule has 0 aliphatic rings. The molecule has 0 aromatic heterocycles. The number of amides is 1. The van der Waals surface area contributed by atoms with Crippen molar-refractivity contribution in [1.29, 1.82) is 0 Å². The second-order valence-electron chi connectivity index (χ2n) is 6.52. The topological polar surface area (TPSA) is 55.4 Å². The average Bonchev–Trinajstić information content (AvgIpc) is 2.46. The Morgan fingerprint density at radius 3 is 1.96 bits per heavy atom. The van der Waals surface area contributed by atoms with Crippen LogP contribution in [0.3, 0.4) is 0 Å². The van der Waals surface area contributed by atoms with Gasteiger partial charge in [-0.2, -0.15) is 8.78 Å². The van der Waals surface area contributed by atoms with E-state index in [0.717, 1.165) is 6.92 Å². The van der Waals surface area contributed by atoms with Crippen LogP contribution < -0.4 is 10.1 Å². The number of hydrogen-bond donors (Lipinski definition) is 1. The number of hydrogen-bond acceptors (Lipinski definition) is 3. The molecule has 1 amide bonds. The molecule has 0 spiro atoms. The van der Waals surface area contributed by atoms with Gasteiger partial charge in [0.15, 0.2) is 11.6 Å². The number of halogens is 4. The molecule has 0 radical (unpaired) electrons. The minimum atomic E-state index is -1.83. The van der Waals surface area contributed by atoms with E-state index >= 15 is 0 Å². The molecule has 0 fully saturated rings. The van der Waals surface area contributed by atoms with Crippen LogP contribution in [-0.2, 0) is 9.59 Å². The smallest absolute Gasteiger partial charge is 0.320 e. The Hall–Kier alpha value is -2.12. The monoisotopic (exact) mass is 349 g/mol. The predicted molar refractivity (Wildman–Crippen MR) is 78.3 cm³/mol. The van der Waals surface area contributed by atoms with Gasteiger partial charge in [-0.05, 0) is 18.8 Å². The number of carbonyl (C=O) groups excluding carboxylic acids is 2. The summed E-state index contributed by atoms with van der Waals surface area (Å²) >= 11 is 0. The van der Waals surface area contributed by atoms with Crippen LogP contribution >= 0.6 is 0 Å². The molecular weight excluding hydrogens is 330 g/mol. The zero-order valence-electron chi connectivity index (χ0n) is 13.9. The Morgan fingerprint density at radius 1 is 1.00 bits per heavy atom. The first-order valence-electron chi connectivity index (χ1n) is 7.24. The number of ether oxygens (including phenoxy) is 1. The van der Waals surface area contributed by atoms with Crippen molar-refractivity contribution in [2.75, 3.05) is 6.54 Å². The number of carbonyl (C=O) groups is 2. The molecule has 0 unspecified atom stereocenters. The fraction of sp³-hybridized carbons (Fsp3) is 0.500. The molecule has 1 aromatic carbocycles. The Balaban J connectivity index is 2.71. The van der Waals surface area contributed by atoms with Crippen LogP contribution in [0.2, 0.25) is 0 Å². The van der Waals surface area contributed by atoms with Gasteiger partial charge in [0.1, 0.15) is 6.42 Å². The van der Waals surface area contributed by atoms with Gasteiger partial charge in [0.25, 0.3) is 0 Å². The fourth-order valence-corrected chi connectivity index (χ4v) is 1.73. The minimum Gasteiger partial charge on any atom is -0.420 e. The van der Waals surface area contributed by atoms with Crippen molar-refractivity contribution in [1.82, 2.24) is 5.32 Å². The standard InChI is InChI=1S/C16H19F4NO3/c1-8-11(17)13(19)15(14(20)12(8)18)24-10(23)7-9(22)21-6-5-16(2,3)4/h5-7H2,1-4H3,(H,21,22). The highest BCUT2D eigenvalue weighted by Crippen LogP contribution is 2.29. The second-order valence-corrected chi connectivity index (χ2v) is 6.52. The first-order chi connectivity index (χ1) is 10.9. The van der Waals surface area contributed by atoms with Crippen LogP contribution in [-0.4, -0.2) is 18.4 Å². The Labute approximate surface area is 137 Å². The lowest BCUT2D eigenvalue weighted by Crippen LogP contribution is -2.30. The Morgan fingerprint density at radius 2 is 1.50 bits per heavy atom. The molecule has 4 nitrogen and oxygen atoms in total. The van der Waals surface area contributed by atoms with E-state index in [9.17, 15) is 27.2 Å². The molecular formula is C16H19F4NO3. The van der Waals surface area contributed by atoms with Gasteiger partial charge in [-0.3, -0.25) is 9.59 Å². The van der Waals surface area contributed by atoms with E-state index in [1.165, 1.54) is 0 Å². The summed E-state index contributed by atoms with van der Waals surface area (Å²) in [5, 5.41) is 2.44. The van der Waals surface area contributed by atoms with Crippen LogP contribution in [0.1, 0.15) is 39.2 Å². The lowest BCUT2D eigenvalue weighted by molar-refractivity contribution is -0.138. The van der Waals surface area contributed by atoms with Crippen LogP contribution in [0.15, 0.2) is 0 Å². The molecule has 0 heterocycles. The van der Waals surface area contributed by atoms with Crippen LogP contribution in [0.25, 0.3) is 0 Å². The van der Waals surface area contributed by atoms with Gasteiger partial charge in [-0.15, -0.1) is 0 Å². The first kappa shape index (κ1) is 19.9. The molecule has 0 saturated carbocycles. The summed E-state index contributed by atoms with van der Waals surface area (Å²) in [6.07, 6.45) is -0.189. The van der Waals surface area contributed by atoms with E-state index in [-0.39, 0.29) is 5.41 Å². The third kappa shape index (κ3) is 5.21. The van der Waals surface area contributed by atoms with E-state index in [0.29, 0.717) is 13.0 Å². The Kier molecular flexibility index (Phi) is 6.34. The van der Waals surface area contributed by atoms with E-state index < -0.39 is 52.9 Å². The van der Waals surface area contributed by atoms with Crippen molar-refractivity contribution in [2.45, 2.75) is 40.5 Å². The summed E-state index contributed by atoms with van der Waals surface area (Å²) in [6.45, 7) is 7.01. The van der Waals surface area contributed by atoms with Gasteiger partial charge < -0.3 is 10.1 Å². The van der Waals surface area contributed by atoms with Crippen LogP contribution in [0.5, 0.6) is 5.75 Å². The molecule has 1 aromatic rings. The van der Waals surface area contributed by atoms with Gasteiger partial charge in [0.05, 0.1) is 0 Å². The molecule has 8 heteroatoms. The van der Waals surface area contributed by atoms with Crippen molar-refractivity contribution in [3.8, 4) is 5.75 Å². The quantitative estimate of drug-likeness (QED) is 0.291. The molecule has 1 N–H and O–H groups in total. The third-order valence-electron chi connectivity index (χ3n) is 3.16. The van der Waals surface area contributed by atoms with E-state index in [1.54, 1.807) is 0 Å². The van der Waals surface area contributed by atoms with E-state index in [2.05, 4.69) is 10.1 Å². The summed E-state index contributed by atoms with van der Waals surface area (Å²) in [5.74, 6) is -10.5. The molecule has 134 valence electrons. The van der Waals surface area contributed by atoms with Crippen molar-refractivity contribution < 1.29 is 31.9 Å². The summed E-state index contributed by atoms with van der Waals surface area (Å²) < 4.78 is 58.2. The highest BCUT2D eigenvalue weighted by molar-refractivity contribution is 5.95. The highest BCUT2D eigenvalue weighted by atomic mass is 19.2. The number of rotatable bonds is 5. The normalized spacial score (nSPS) is 11.3. The van der Waals surface area contributed by atoms with Gasteiger partial charge in [0, 0.05) is 12.1 Å². The summed E-state index contributed by atoms with van der Waals surface area (Å²) in [7, 11) is 0. The molecule has 0 bridgehead atoms. The highest BCUT2D eigenvalue weighted by Gasteiger charge is 2.26. The summed E-state index contributed by atoms with van der Waals surface area (Å²) in [4.78, 5) is 23.1. The van der Waals surface area contributed by atoms with Crippen LogP contribution in [0.4, 0.5) is 17.6 Å². The zero-order valence-corrected chi connectivity index (χ0v) is 13.9. The van der Waals surface area contributed by atoms with Gasteiger partial charge in [-0.25, -0.2) is 8.78 Å². The van der Waals surface area contributed by atoms with Gasteiger partial charge >= 0.3 is 5.97 Å². The molecule has 0 aliphatic heterocycles. The van der Waals surface area contributed by atoms with Crippen molar-refractivity contribution >= 4 is 11.9 Å². The predicted octanol–water partition coefficient (Wildman–Crippen LogP) is 3.40. The molecule has 1 rings (SSSR count). The largest absolute Gasteiger partial charge is 0.420 e. The second kappa shape index (κ2) is 7.63. The maximum absolute atomic E-state index is 13.6. The molecule has 0 aliphatic carbocycles. The average molecular weight is 349 g/mol. The lowest BCUT2D eigenvalue weighted by Gasteiger charge is -2.17. The molecule has 0 atom stereocenters.